The molecule has 0 aromatic heterocycles. The van der Waals surface area contributed by atoms with E-state index in [1.54, 1.807) is 0 Å². The summed E-state index contributed by atoms with van der Waals surface area (Å²) >= 11 is 0. The van der Waals surface area contributed by atoms with Crippen molar-refractivity contribution >= 4 is 6.08 Å². The molecule has 0 heteroatoms. The van der Waals surface area contributed by atoms with Crippen LogP contribution in [0.25, 0.3) is 6.08 Å². The van der Waals surface area contributed by atoms with Crippen molar-refractivity contribution in [3.8, 4) is 23.7 Å². The first-order valence-corrected chi connectivity index (χ1v) is 7.19. The maximum atomic E-state index is 3.18. The second kappa shape index (κ2) is 9.24. The standard InChI is InChI=1S/C21H18/c1(2-4-8-14-20-16-10-6-11-17-20)3-5-9-15-21-18-12-7-13-19-21/h6-7,9-13,15-19H,1-2,4H2/b15-9+. The molecular weight excluding hydrogens is 252 g/mol. The van der Waals surface area contributed by atoms with Gasteiger partial charge in [-0.15, -0.1) is 0 Å². The van der Waals surface area contributed by atoms with Crippen molar-refractivity contribution < 1.29 is 0 Å². The van der Waals surface area contributed by atoms with Gasteiger partial charge in [-0.3, -0.25) is 0 Å². The average Bonchev–Trinajstić information content (AvgIpc) is 2.55. The molecule has 0 aliphatic carbocycles. The van der Waals surface area contributed by atoms with E-state index < -0.39 is 0 Å². The maximum Gasteiger partial charge on any atom is 0.0245 e. The molecule has 2 aromatic rings. The molecule has 0 radical (unpaired) electrons. The average molecular weight is 270 g/mol. The smallest absolute Gasteiger partial charge is 0.0245 e. The molecule has 21 heavy (non-hydrogen) atoms. The highest BCUT2D eigenvalue weighted by Crippen LogP contribution is 2.00. The molecule has 0 spiro atoms. The summed E-state index contributed by atoms with van der Waals surface area (Å²) in [6.45, 7) is 0. The van der Waals surface area contributed by atoms with Crippen LogP contribution in [-0.4, -0.2) is 0 Å². The van der Waals surface area contributed by atoms with Crippen molar-refractivity contribution in [3.05, 3.63) is 77.9 Å². The first kappa shape index (κ1) is 14.7. The fourth-order valence-electron chi connectivity index (χ4n) is 1.78. The highest BCUT2D eigenvalue weighted by molar-refractivity contribution is 5.52. The van der Waals surface area contributed by atoms with E-state index in [0.717, 1.165) is 24.8 Å². The predicted octanol–water partition coefficient (Wildman–Crippen LogP) is 4.93. The topological polar surface area (TPSA) is 0 Å². The Morgan fingerprint density at radius 2 is 1.43 bits per heavy atom. The number of hydrogen-bond donors (Lipinski definition) is 0. The van der Waals surface area contributed by atoms with Crippen LogP contribution in [0.5, 0.6) is 0 Å². The largest absolute Gasteiger partial charge is 0.0985 e. The zero-order valence-corrected chi connectivity index (χ0v) is 12.0. The minimum Gasteiger partial charge on any atom is -0.0985 e. The van der Waals surface area contributed by atoms with Crippen LogP contribution in [0.1, 0.15) is 30.4 Å². The molecule has 0 nitrogen and oxygen atoms in total. The SMILES string of the molecule is C(#CCCCC#Cc1ccccc1)/C=C/c1ccccc1. The van der Waals surface area contributed by atoms with Crippen LogP contribution in [0.4, 0.5) is 0 Å². The fraction of sp³-hybridized carbons (Fsp3) is 0.143. The Balaban J connectivity index is 1.66. The lowest BCUT2D eigenvalue weighted by Gasteiger charge is -1.88. The van der Waals surface area contributed by atoms with Crippen LogP contribution in [0.3, 0.4) is 0 Å². The van der Waals surface area contributed by atoms with Gasteiger partial charge in [-0.1, -0.05) is 72.2 Å². The van der Waals surface area contributed by atoms with Crippen molar-refractivity contribution in [2.24, 2.45) is 0 Å². The van der Waals surface area contributed by atoms with E-state index >= 15 is 0 Å². The zero-order chi connectivity index (χ0) is 14.6. The third-order valence-electron chi connectivity index (χ3n) is 2.87. The first-order valence-electron chi connectivity index (χ1n) is 7.19. The molecule has 2 rings (SSSR count). The highest BCUT2D eigenvalue weighted by Gasteiger charge is 1.83. The number of rotatable bonds is 3. The summed E-state index contributed by atoms with van der Waals surface area (Å²) < 4.78 is 0. The van der Waals surface area contributed by atoms with Crippen molar-refractivity contribution in [2.45, 2.75) is 19.3 Å². The minimum absolute atomic E-state index is 0.891. The number of hydrogen-bond acceptors (Lipinski definition) is 0. The summed E-state index contributed by atoms with van der Waals surface area (Å²) in [7, 11) is 0. The lowest BCUT2D eigenvalue weighted by molar-refractivity contribution is 0.903. The third-order valence-corrected chi connectivity index (χ3v) is 2.87. The Morgan fingerprint density at radius 1 is 0.762 bits per heavy atom. The van der Waals surface area contributed by atoms with Gasteiger partial charge in [0.1, 0.15) is 0 Å². The van der Waals surface area contributed by atoms with Gasteiger partial charge in [-0.2, -0.15) is 0 Å². The molecule has 0 N–H and O–H groups in total. The summed E-state index contributed by atoms with van der Waals surface area (Å²) in [4.78, 5) is 0. The van der Waals surface area contributed by atoms with Crippen LogP contribution in [0.2, 0.25) is 0 Å². The van der Waals surface area contributed by atoms with E-state index in [1.807, 2.05) is 60.7 Å². The van der Waals surface area contributed by atoms with Gasteiger partial charge in [-0.05, 0) is 36.3 Å². The molecule has 0 heterocycles. The number of unbranched alkanes of at least 4 members (excludes halogenated alkanes) is 2. The predicted molar refractivity (Wildman–Crippen MR) is 90.4 cm³/mol. The van der Waals surface area contributed by atoms with Gasteiger partial charge in [0.25, 0.3) is 0 Å². The second-order valence-electron chi connectivity index (χ2n) is 4.59. The molecule has 0 fully saturated rings. The molecule has 0 bridgehead atoms. The monoisotopic (exact) mass is 270 g/mol. The molecule has 0 saturated heterocycles. The molecule has 0 aliphatic rings. The van der Waals surface area contributed by atoms with Crippen LogP contribution >= 0.6 is 0 Å². The van der Waals surface area contributed by atoms with E-state index in [0.29, 0.717) is 0 Å². The number of allylic oxidation sites excluding steroid dienone is 1. The lowest BCUT2D eigenvalue weighted by Crippen LogP contribution is -1.73. The van der Waals surface area contributed by atoms with Crippen molar-refractivity contribution in [2.75, 3.05) is 0 Å². The summed E-state index contributed by atoms with van der Waals surface area (Å²) in [5.74, 6) is 12.6. The minimum atomic E-state index is 0.891. The van der Waals surface area contributed by atoms with Crippen LogP contribution in [0, 0.1) is 23.7 Å². The molecule has 0 amide bonds. The molecule has 0 unspecified atom stereocenters. The van der Waals surface area contributed by atoms with Crippen LogP contribution < -0.4 is 0 Å². The molecule has 102 valence electrons. The van der Waals surface area contributed by atoms with E-state index in [2.05, 4.69) is 35.8 Å². The fourth-order valence-corrected chi connectivity index (χ4v) is 1.78. The van der Waals surface area contributed by atoms with Crippen molar-refractivity contribution in [1.29, 1.82) is 0 Å². The van der Waals surface area contributed by atoms with Gasteiger partial charge >= 0.3 is 0 Å². The van der Waals surface area contributed by atoms with Crippen molar-refractivity contribution in [1.82, 2.24) is 0 Å². The molecule has 2 aromatic carbocycles. The van der Waals surface area contributed by atoms with Gasteiger partial charge < -0.3 is 0 Å². The van der Waals surface area contributed by atoms with Crippen LogP contribution in [-0.2, 0) is 0 Å². The van der Waals surface area contributed by atoms with Gasteiger partial charge in [0.05, 0.1) is 0 Å². The molecule has 0 atom stereocenters. The summed E-state index contributed by atoms with van der Waals surface area (Å²) in [6, 6.07) is 20.3. The number of benzene rings is 2. The van der Waals surface area contributed by atoms with E-state index in [-0.39, 0.29) is 0 Å². The third kappa shape index (κ3) is 6.33. The van der Waals surface area contributed by atoms with Gasteiger partial charge in [0, 0.05) is 18.4 Å². The zero-order valence-electron chi connectivity index (χ0n) is 12.0. The van der Waals surface area contributed by atoms with Crippen molar-refractivity contribution in [3.63, 3.8) is 0 Å². The Kier molecular flexibility index (Phi) is 6.47. The normalized spacial score (nSPS) is 9.52. The van der Waals surface area contributed by atoms with Gasteiger partial charge in [0.15, 0.2) is 0 Å². The Labute approximate surface area is 127 Å². The maximum absolute atomic E-state index is 3.18. The Bertz CT molecular complexity index is 671. The summed E-state index contributed by atoms with van der Waals surface area (Å²) in [5.41, 5.74) is 2.26. The molecule has 0 saturated carbocycles. The van der Waals surface area contributed by atoms with Crippen LogP contribution in [0.15, 0.2) is 66.7 Å². The summed E-state index contributed by atoms with van der Waals surface area (Å²) in [5, 5.41) is 0. The van der Waals surface area contributed by atoms with E-state index in [4.69, 9.17) is 0 Å². The van der Waals surface area contributed by atoms with Gasteiger partial charge in [0.2, 0.25) is 0 Å². The first-order chi connectivity index (χ1) is 10.4. The van der Waals surface area contributed by atoms with Gasteiger partial charge in [-0.25, -0.2) is 0 Å². The quantitative estimate of drug-likeness (QED) is 0.548. The molecule has 0 aliphatic heterocycles. The Morgan fingerprint density at radius 3 is 2.19 bits per heavy atom. The Hall–Kier alpha value is -2.70. The van der Waals surface area contributed by atoms with E-state index in [1.165, 1.54) is 5.56 Å². The highest BCUT2D eigenvalue weighted by atomic mass is 13.9. The van der Waals surface area contributed by atoms with E-state index in [9.17, 15) is 0 Å². The summed E-state index contributed by atoms with van der Waals surface area (Å²) in [6.07, 6.45) is 6.74. The molecular formula is C21H18. The lowest BCUT2D eigenvalue weighted by atomic mass is 10.2. The second-order valence-corrected chi connectivity index (χ2v) is 4.59.